The lowest BCUT2D eigenvalue weighted by Crippen LogP contribution is -2.43. The maximum atomic E-state index is 13.2. The minimum Gasteiger partial charge on any atom is -0.484 e. The average molecular weight is 482 g/mol. The topological polar surface area (TPSA) is 71.1 Å². The molecule has 2 aliphatic heterocycles. The number of ether oxygens (including phenoxy) is 2. The molecule has 7 nitrogen and oxygen atoms in total. The molecule has 1 aromatic rings. The number of nitrogens with zero attached hydrogens (tertiary/aromatic N) is 2. The quantitative estimate of drug-likeness (QED) is 0.575. The Bertz CT molecular complexity index is 819. The zero-order valence-corrected chi connectivity index (χ0v) is 18.0. The molecular weight excluding hydrogens is 458 g/mol. The molecule has 12 heteroatoms. The average Bonchev–Trinajstić information content (AvgIpc) is 3.09. The summed E-state index contributed by atoms with van der Waals surface area (Å²) in [5, 5.41) is 2.54. The van der Waals surface area contributed by atoms with Gasteiger partial charge in [-0.05, 0) is 31.6 Å². The van der Waals surface area contributed by atoms with Crippen molar-refractivity contribution in [3.05, 3.63) is 41.3 Å². The van der Waals surface area contributed by atoms with E-state index in [-0.39, 0.29) is 23.5 Å². The molecular formula is C20H24ClF4N3O4. The molecule has 2 saturated heterocycles. The third-order valence-electron chi connectivity index (χ3n) is 4.46. The van der Waals surface area contributed by atoms with Gasteiger partial charge in [0.2, 0.25) is 0 Å². The van der Waals surface area contributed by atoms with E-state index in [1.165, 1.54) is 21.9 Å². The molecule has 0 atom stereocenters. The van der Waals surface area contributed by atoms with Crippen LogP contribution in [-0.4, -0.2) is 73.9 Å². The van der Waals surface area contributed by atoms with Gasteiger partial charge < -0.3 is 19.7 Å². The van der Waals surface area contributed by atoms with Gasteiger partial charge >= 0.3 is 12.3 Å². The number of carbonyl (C=O) groups excluding carboxylic acids is 2. The molecule has 3 rings (SSSR count). The summed E-state index contributed by atoms with van der Waals surface area (Å²) >= 11 is 5.55. The molecule has 0 radical (unpaired) electrons. The van der Waals surface area contributed by atoms with Crippen molar-refractivity contribution in [2.75, 3.05) is 45.9 Å². The smallest absolute Gasteiger partial charge is 0.409 e. The molecule has 0 aliphatic carbocycles. The van der Waals surface area contributed by atoms with E-state index in [1.54, 1.807) is 0 Å². The molecule has 2 fully saturated rings. The third kappa shape index (κ3) is 9.31. The Labute approximate surface area is 187 Å². The first kappa shape index (κ1) is 25.7. The molecule has 0 bridgehead atoms. The molecule has 1 N–H and O–H groups in total. The molecule has 32 heavy (non-hydrogen) atoms. The fourth-order valence-electron chi connectivity index (χ4n) is 2.70. The fraction of sp³-hybridized carbons (Fsp3) is 0.500. The number of amides is 2. The van der Waals surface area contributed by atoms with E-state index in [0.29, 0.717) is 44.9 Å². The fourth-order valence-corrected chi connectivity index (χ4v) is 2.82. The van der Waals surface area contributed by atoms with E-state index in [2.05, 4.69) is 11.9 Å². The first-order valence-corrected chi connectivity index (χ1v) is 10.2. The third-order valence-corrected chi connectivity index (χ3v) is 4.76. The second-order valence-electron chi connectivity index (χ2n) is 7.11. The standard InChI is InChI=1S/C15H16ClFN2O4.C5H8F3N/c1-10(4-5-19-6-7-22-15(19)21)18-14(20)9-23-11-2-3-12(16)13(17)8-11;6-5(7,8)4-9-2-1-3-9/h2-3,8H,1,4-7,9H2,(H,18,20);1-4H2. The van der Waals surface area contributed by atoms with Gasteiger partial charge in [-0.2, -0.15) is 13.2 Å². The van der Waals surface area contributed by atoms with E-state index in [4.69, 9.17) is 21.1 Å². The Morgan fingerprint density at radius 2 is 2.00 bits per heavy atom. The lowest BCUT2D eigenvalue weighted by Gasteiger charge is -2.31. The minimum absolute atomic E-state index is 0.0179. The molecule has 2 amide bonds. The Hall–Kier alpha value is -2.53. The number of hydrogen-bond acceptors (Lipinski definition) is 5. The van der Waals surface area contributed by atoms with Crippen LogP contribution in [0.3, 0.4) is 0 Å². The van der Waals surface area contributed by atoms with Crippen LogP contribution in [0.1, 0.15) is 12.8 Å². The Morgan fingerprint density at radius 3 is 2.50 bits per heavy atom. The number of rotatable bonds is 8. The highest BCUT2D eigenvalue weighted by atomic mass is 35.5. The van der Waals surface area contributed by atoms with Gasteiger partial charge in [-0.15, -0.1) is 0 Å². The number of hydrogen-bond donors (Lipinski definition) is 1. The van der Waals surface area contributed by atoms with Gasteiger partial charge in [-0.1, -0.05) is 18.2 Å². The van der Waals surface area contributed by atoms with Gasteiger partial charge in [0.25, 0.3) is 5.91 Å². The van der Waals surface area contributed by atoms with Crippen LogP contribution < -0.4 is 10.1 Å². The zero-order valence-electron chi connectivity index (χ0n) is 17.2. The van der Waals surface area contributed by atoms with Crippen molar-refractivity contribution in [3.8, 4) is 5.75 Å². The Balaban J connectivity index is 0.000000336. The van der Waals surface area contributed by atoms with Gasteiger partial charge in [0.1, 0.15) is 18.2 Å². The van der Waals surface area contributed by atoms with Crippen molar-refractivity contribution in [2.24, 2.45) is 0 Å². The molecule has 2 heterocycles. The Kier molecular flexibility index (Phi) is 9.58. The number of cyclic esters (lactones) is 1. The first-order valence-electron chi connectivity index (χ1n) is 9.80. The second-order valence-corrected chi connectivity index (χ2v) is 7.52. The molecule has 1 aromatic carbocycles. The second kappa shape index (κ2) is 11.9. The predicted molar refractivity (Wildman–Crippen MR) is 109 cm³/mol. The van der Waals surface area contributed by atoms with Crippen molar-refractivity contribution in [1.29, 1.82) is 0 Å². The van der Waals surface area contributed by atoms with E-state index < -0.39 is 24.4 Å². The molecule has 178 valence electrons. The molecule has 2 aliphatic rings. The summed E-state index contributed by atoms with van der Waals surface area (Å²) in [6.45, 7) is 5.25. The summed E-state index contributed by atoms with van der Waals surface area (Å²) < 4.78 is 57.6. The largest absolute Gasteiger partial charge is 0.484 e. The lowest BCUT2D eigenvalue weighted by atomic mass is 10.2. The lowest BCUT2D eigenvalue weighted by molar-refractivity contribution is -0.152. The summed E-state index contributed by atoms with van der Waals surface area (Å²) in [5.41, 5.74) is 0.459. The minimum atomic E-state index is -4.00. The first-order chi connectivity index (χ1) is 15.0. The van der Waals surface area contributed by atoms with Crippen LogP contribution in [0.4, 0.5) is 22.4 Å². The van der Waals surface area contributed by atoms with Crippen LogP contribution in [0, 0.1) is 5.82 Å². The van der Waals surface area contributed by atoms with Crippen molar-refractivity contribution < 1.29 is 36.6 Å². The number of benzene rings is 1. The van der Waals surface area contributed by atoms with Crippen LogP contribution in [0.25, 0.3) is 0 Å². The molecule has 0 spiro atoms. The SMILES string of the molecule is C=C(CCN1CCOC1=O)NC(=O)COc1ccc(Cl)c(F)c1.FC(F)(F)CN1CCC1. The summed E-state index contributed by atoms with van der Waals surface area (Å²) in [5.74, 6) is -0.840. The predicted octanol–water partition coefficient (Wildman–Crippen LogP) is 3.58. The monoisotopic (exact) mass is 481 g/mol. The van der Waals surface area contributed by atoms with Crippen LogP contribution in [0.15, 0.2) is 30.5 Å². The number of carbonyl (C=O) groups is 2. The highest BCUT2D eigenvalue weighted by molar-refractivity contribution is 6.30. The van der Waals surface area contributed by atoms with Crippen molar-refractivity contribution >= 4 is 23.6 Å². The normalized spacial score (nSPS) is 15.9. The van der Waals surface area contributed by atoms with Crippen molar-refractivity contribution in [1.82, 2.24) is 15.1 Å². The number of alkyl halides is 3. The maximum Gasteiger partial charge on any atom is 0.409 e. The van der Waals surface area contributed by atoms with Crippen LogP contribution in [0.5, 0.6) is 5.75 Å². The van der Waals surface area contributed by atoms with Gasteiger partial charge in [-0.25, -0.2) is 9.18 Å². The number of halogens is 5. The van der Waals surface area contributed by atoms with E-state index >= 15 is 0 Å². The Morgan fingerprint density at radius 1 is 1.28 bits per heavy atom. The highest BCUT2D eigenvalue weighted by Crippen LogP contribution is 2.20. The molecule has 0 unspecified atom stereocenters. The summed E-state index contributed by atoms with van der Waals surface area (Å²) in [6.07, 6.45) is -3.04. The van der Waals surface area contributed by atoms with Crippen LogP contribution in [0.2, 0.25) is 5.02 Å². The summed E-state index contributed by atoms with van der Waals surface area (Å²) in [4.78, 5) is 25.9. The number of nitrogens with one attached hydrogen (secondary N) is 1. The zero-order chi connectivity index (χ0) is 23.7. The van der Waals surface area contributed by atoms with Gasteiger partial charge in [0.15, 0.2) is 6.61 Å². The van der Waals surface area contributed by atoms with Gasteiger partial charge in [0, 0.05) is 24.7 Å². The van der Waals surface area contributed by atoms with Gasteiger partial charge in [-0.3, -0.25) is 9.69 Å². The van der Waals surface area contributed by atoms with Crippen LogP contribution >= 0.6 is 11.6 Å². The van der Waals surface area contributed by atoms with Crippen molar-refractivity contribution in [3.63, 3.8) is 0 Å². The maximum absolute atomic E-state index is 13.2. The van der Waals surface area contributed by atoms with Crippen LogP contribution in [-0.2, 0) is 9.53 Å². The van der Waals surface area contributed by atoms with E-state index in [1.807, 2.05) is 0 Å². The molecule has 0 aromatic heterocycles. The summed E-state index contributed by atoms with van der Waals surface area (Å²) in [7, 11) is 0. The van der Waals surface area contributed by atoms with E-state index in [0.717, 1.165) is 12.5 Å². The van der Waals surface area contributed by atoms with E-state index in [9.17, 15) is 27.2 Å². The van der Waals surface area contributed by atoms with Crippen molar-refractivity contribution in [2.45, 2.75) is 19.0 Å². The number of likely N-dealkylation sites (tertiary alicyclic amines) is 1. The highest BCUT2D eigenvalue weighted by Gasteiger charge is 2.32. The summed E-state index contributed by atoms with van der Waals surface area (Å²) in [6, 6.07) is 3.91. The molecule has 0 saturated carbocycles. The van der Waals surface area contributed by atoms with Gasteiger partial charge in [0.05, 0.1) is 18.1 Å².